The Bertz CT molecular complexity index is 534. The highest BCUT2D eigenvalue weighted by atomic mass is 16.4. The van der Waals surface area contributed by atoms with Crippen LogP contribution in [0.25, 0.3) is 10.8 Å². The highest BCUT2D eigenvalue weighted by Crippen LogP contribution is 2.18. The summed E-state index contributed by atoms with van der Waals surface area (Å²) in [6.07, 6.45) is 1.11. The van der Waals surface area contributed by atoms with E-state index in [1.54, 1.807) is 0 Å². The van der Waals surface area contributed by atoms with Gasteiger partial charge in [-0.25, -0.2) is 0 Å². The maximum atomic E-state index is 9.65. The summed E-state index contributed by atoms with van der Waals surface area (Å²) in [5.74, 6) is -1.18. The van der Waals surface area contributed by atoms with E-state index in [0.29, 0.717) is 0 Å². The van der Waals surface area contributed by atoms with E-state index in [2.05, 4.69) is 49.4 Å². The molecular weight excluding hydrogens is 242 g/mol. The molecule has 0 aliphatic rings. The van der Waals surface area contributed by atoms with Gasteiger partial charge in [0.2, 0.25) is 0 Å². The third-order valence-electron chi connectivity index (χ3n) is 2.77. The van der Waals surface area contributed by atoms with Gasteiger partial charge in [0.15, 0.2) is 0 Å². The molecule has 19 heavy (non-hydrogen) atoms. The van der Waals surface area contributed by atoms with Crippen molar-refractivity contribution in [1.82, 2.24) is 0 Å². The summed E-state index contributed by atoms with van der Waals surface area (Å²) >= 11 is 0. The number of carboxylic acids is 1. The number of aliphatic carboxylic acids is 1. The summed E-state index contributed by atoms with van der Waals surface area (Å²) in [6, 6.07) is 13.9. The van der Waals surface area contributed by atoms with Gasteiger partial charge in [-0.1, -0.05) is 49.4 Å². The minimum Gasteiger partial charge on any atom is -0.480 e. The first-order valence-electron chi connectivity index (χ1n) is 6.16. The van der Waals surface area contributed by atoms with Crippen LogP contribution in [-0.2, 0) is 11.2 Å². The first-order chi connectivity index (χ1) is 9.10. The van der Waals surface area contributed by atoms with Gasteiger partial charge in [-0.05, 0) is 22.8 Å². The Balaban J connectivity index is 0.000000224. The molecule has 102 valence electrons. The first kappa shape index (κ1) is 15.1. The number of hydrogen-bond donors (Lipinski definition) is 3. The Morgan fingerprint density at radius 2 is 1.84 bits per heavy atom. The maximum Gasteiger partial charge on any atom is 0.322 e. The molecule has 0 saturated carbocycles. The van der Waals surface area contributed by atoms with Gasteiger partial charge in [-0.15, -0.1) is 0 Å². The van der Waals surface area contributed by atoms with Crippen molar-refractivity contribution in [1.29, 1.82) is 0 Å². The lowest BCUT2D eigenvalue weighted by molar-refractivity contribution is -0.139. The average molecular weight is 261 g/mol. The highest BCUT2D eigenvalue weighted by molar-refractivity contribution is 5.85. The van der Waals surface area contributed by atoms with Gasteiger partial charge in [0.05, 0.1) is 6.61 Å². The topological polar surface area (TPSA) is 83.5 Å². The average Bonchev–Trinajstić information content (AvgIpc) is 2.46. The second-order valence-electron chi connectivity index (χ2n) is 4.12. The molecule has 0 spiro atoms. The summed E-state index contributed by atoms with van der Waals surface area (Å²) in [6.45, 7) is 1.69. The Kier molecular flexibility index (Phi) is 5.99. The summed E-state index contributed by atoms with van der Waals surface area (Å²) < 4.78 is 0. The minimum absolute atomic E-state index is 0.505. The zero-order chi connectivity index (χ0) is 14.3. The molecular formula is C15H19NO3. The Hall–Kier alpha value is -1.91. The molecule has 2 rings (SSSR count). The number of nitrogens with two attached hydrogens (primary N) is 1. The highest BCUT2D eigenvalue weighted by Gasteiger charge is 2.07. The molecule has 1 atom stereocenters. The lowest BCUT2D eigenvalue weighted by atomic mass is 10.0. The van der Waals surface area contributed by atoms with Gasteiger partial charge >= 0.3 is 5.97 Å². The van der Waals surface area contributed by atoms with Crippen LogP contribution in [0.15, 0.2) is 42.5 Å². The Labute approximate surface area is 112 Å². The monoisotopic (exact) mass is 261 g/mol. The van der Waals surface area contributed by atoms with Crippen molar-refractivity contribution in [2.75, 3.05) is 6.61 Å². The molecule has 0 aliphatic heterocycles. The number of carbonyl (C=O) groups is 1. The molecule has 0 saturated heterocycles. The van der Waals surface area contributed by atoms with Crippen LogP contribution in [0.5, 0.6) is 0 Å². The van der Waals surface area contributed by atoms with Crippen molar-refractivity contribution >= 4 is 16.7 Å². The number of benzene rings is 2. The Morgan fingerprint density at radius 3 is 2.37 bits per heavy atom. The molecule has 0 aromatic heterocycles. The summed E-state index contributed by atoms with van der Waals surface area (Å²) in [7, 11) is 0. The third-order valence-corrected chi connectivity index (χ3v) is 2.77. The fraction of sp³-hybridized carbons (Fsp3) is 0.267. The van der Waals surface area contributed by atoms with Gasteiger partial charge in [0.25, 0.3) is 0 Å². The summed E-state index contributed by atoms with van der Waals surface area (Å²) in [5.41, 5.74) is 6.20. The van der Waals surface area contributed by atoms with Crippen molar-refractivity contribution in [2.24, 2.45) is 5.73 Å². The van der Waals surface area contributed by atoms with E-state index in [1.165, 1.54) is 16.3 Å². The number of aliphatic hydroxyl groups excluding tert-OH is 1. The van der Waals surface area contributed by atoms with E-state index in [9.17, 15) is 4.79 Å². The molecule has 0 fully saturated rings. The van der Waals surface area contributed by atoms with Crippen LogP contribution in [0.4, 0.5) is 0 Å². The molecule has 0 bridgehead atoms. The van der Waals surface area contributed by atoms with Crippen molar-refractivity contribution in [2.45, 2.75) is 19.4 Å². The normalized spacial score (nSPS) is 11.5. The zero-order valence-electron chi connectivity index (χ0n) is 10.9. The molecule has 0 radical (unpaired) electrons. The van der Waals surface area contributed by atoms with Crippen LogP contribution in [0, 0.1) is 0 Å². The zero-order valence-corrected chi connectivity index (χ0v) is 10.9. The number of rotatable bonds is 3. The lowest BCUT2D eigenvalue weighted by Gasteiger charge is -2.02. The standard InChI is InChI=1S/C12H12.C3H7NO3/c1-2-10-7-5-8-11-6-3-4-9-12(10)11;4-2(1-5)3(6)7/h3-9H,2H2,1H3;2,5H,1,4H2,(H,6,7). The van der Waals surface area contributed by atoms with E-state index >= 15 is 0 Å². The van der Waals surface area contributed by atoms with E-state index < -0.39 is 18.6 Å². The van der Waals surface area contributed by atoms with Crippen molar-refractivity contribution in [3.05, 3.63) is 48.0 Å². The fourth-order valence-electron chi connectivity index (χ4n) is 1.68. The SMILES string of the molecule is CCc1cccc2ccccc12.NC(CO)C(=O)O. The van der Waals surface area contributed by atoms with E-state index in [0.717, 1.165) is 6.42 Å². The predicted octanol–water partition coefficient (Wildman–Crippen LogP) is 1.79. The van der Waals surface area contributed by atoms with Crippen molar-refractivity contribution in [3.8, 4) is 0 Å². The van der Waals surface area contributed by atoms with Gasteiger partial charge in [-0.2, -0.15) is 0 Å². The second kappa shape index (κ2) is 7.51. The molecule has 0 heterocycles. The maximum absolute atomic E-state index is 9.65. The molecule has 4 nitrogen and oxygen atoms in total. The molecule has 4 N–H and O–H groups in total. The molecule has 4 heteroatoms. The third kappa shape index (κ3) is 4.35. The number of fused-ring (bicyclic) bond motifs is 1. The number of hydrogen-bond acceptors (Lipinski definition) is 3. The molecule has 0 amide bonds. The largest absolute Gasteiger partial charge is 0.480 e. The summed E-state index contributed by atoms with van der Waals surface area (Å²) in [5, 5.41) is 18.6. The number of carboxylic acid groups (broad SMARTS) is 1. The van der Waals surface area contributed by atoms with Crippen LogP contribution < -0.4 is 5.73 Å². The minimum atomic E-state index is -1.18. The van der Waals surface area contributed by atoms with Crippen molar-refractivity contribution in [3.63, 3.8) is 0 Å². The van der Waals surface area contributed by atoms with Crippen LogP contribution >= 0.6 is 0 Å². The molecule has 0 aliphatic carbocycles. The lowest BCUT2D eigenvalue weighted by Crippen LogP contribution is -2.33. The van der Waals surface area contributed by atoms with Gasteiger partial charge < -0.3 is 15.9 Å². The first-order valence-corrected chi connectivity index (χ1v) is 6.16. The van der Waals surface area contributed by atoms with E-state index in [1.807, 2.05) is 0 Å². The second-order valence-corrected chi connectivity index (χ2v) is 4.12. The van der Waals surface area contributed by atoms with Crippen LogP contribution in [0.2, 0.25) is 0 Å². The molecule has 1 unspecified atom stereocenters. The molecule has 2 aromatic carbocycles. The van der Waals surface area contributed by atoms with Gasteiger partial charge in [0, 0.05) is 0 Å². The number of aryl methyl sites for hydroxylation is 1. The number of aliphatic hydroxyl groups is 1. The van der Waals surface area contributed by atoms with Crippen LogP contribution in [0.3, 0.4) is 0 Å². The predicted molar refractivity (Wildman–Crippen MR) is 76.0 cm³/mol. The van der Waals surface area contributed by atoms with Crippen molar-refractivity contribution < 1.29 is 15.0 Å². The van der Waals surface area contributed by atoms with Gasteiger partial charge in [-0.3, -0.25) is 4.79 Å². The van der Waals surface area contributed by atoms with Crippen LogP contribution in [0.1, 0.15) is 12.5 Å². The smallest absolute Gasteiger partial charge is 0.322 e. The van der Waals surface area contributed by atoms with Gasteiger partial charge in [0.1, 0.15) is 6.04 Å². The van der Waals surface area contributed by atoms with E-state index in [-0.39, 0.29) is 0 Å². The summed E-state index contributed by atoms with van der Waals surface area (Å²) in [4.78, 5) is 9.65. The molecule has 2 aromatic rings. The Morgan fingerprint density at radius 1 is 1.21 bits per heavy atom. The fourth-order valence-corrected chi connectivity index (χ4v) is 1.68. The van der Waals surface area contributed by atoms with Crippen LogP contribution in [-0.4, -0.2) is 28.8 Å². The quantitative estimate of drug-likeness (QED) is 0.786. The van der Waals surface area contributed by atoms with E-state index in [4.69, 9.17) is 15.9 Å².